The van der Waals surface area contributed by atoms with Gasteiger partial charge in [0.1, 0.15) is 5.60 Å². The molecule has 13 heavy (non-hydrogen) atoms. The Labute approximate surface area is 75.5 Å². The molecule has 0 unspecified atom stereocenters. The third-order valence-electron chi connectivity index (χ3n) is 2.50. The van der Waals surface area contributed by atoms with Crippen molar-refractivity contribution >= 4 is 0 Å². The third-order valence-corrected chi connectivity index (χ3v) is 2.50. The van der Waals surface area contributed by atoms with Crippen LogP contribution in [0, 0.1) is 0 Å². The Bertz CT molecular complexity index is 305. The van der Waals surface area contributed by atoms with E-state index in [1.165, 1.54) is 4.68 Å². The molecule has 0 amide bonds. The van der Waals surface area contributed by atoms with Gasteiger partial charge in [-0.1, -0.05) is 0 Å². The summed E-state index contributed by atoms with van der Waals surface area (Å²) in [7, 11) is 3.35. The topological polar surface area (TPSA) is 73.1 Å². The zero-order valence-corrected chi connectivity index (χ0v) is 7.64. The number of aliphatic hydroxyl groups is 1. The summed E-state index contributed by atoms with van der Waals surface area (Å²) in [6, 6.07) is 0. The fourth-order valence-electron chi connectivity index (χ4n) is 1.67. The normalized spacial score (nSPS) is 33.0. The molecule has 72 valence electrons. The summed E-state index contributed by atoms with van der Waals surface area (Å²) < 4.78 is 6.57. The maximum absolute atomic E-state index is 10.0. The molecule has 1 N–H and O–H groups in total. The van der Waals surface area contributed by atoms with Crippen LogP contribution in [0.1, 0.15) is 18.7 Å². The fraction of sp³-hybridized carbons (Fsp3) is 0.857. The highest BCUT2D eigenvalue weighted by Crippen LogP contribution is 2.41. The van der Waals surface area contributed by atoms with Gasteiger partial charge < -0.3 is 9.84 Å². The molecule has 0 spiro atoms. The van der Waals surface area contributed by atoms with Crippen molar-refractivity contribution in [3.8, 4) is 0 Å². The van der Waals surface area contributed by atoms with Crippen LogP contribution in [-0.4, -0.2) is 38.5 Å². The van der Waals surface area contributed by atoms with Gasteiger partial charge in [0, 0.05) is 27.0 Å². The van der Waals surface area contributed by atoms with Crippen LogP contribution in [0.5, 0.6) is 0 Å². The average molecular weight is 184 g/mol. The van der Waals surface area contributed by atoms with E-state index in [0.29, 0.717) is 18.7 Å². The predicted molar refractivity (Wildman–Crippen MR) is 42.7 cm³/mol. The lowest BCUT2D eigenvalue weighted by molar-refractivity contribution is -0.139. The standard InChI is InChI=1S/C7H12N4O2/c1-11-6(8-9-10-11)7(12)3-5(4-7)13-2/h5,12H,3-4H2,1-2H3. The van der Waals surface area contributed by atoms with Gasteiger partial charge in [-0.05, 0) is 10.4 Å². The van der Waals surface area contributed by atoms with Crippen LogP contribution < -0.4 is 0 Å². The summed E-state index contributed by atoms with van der Waals surface area (Å²) in [6.45, 7) is 0. The van der Waals surface area contributed by atoms with Gasteiger partial charge in [0.15, 0.2) is 5.82 Å². The summed E-state index contributed by atoms with van der Waals surface area (Å²) in [5.41, 5.74) is -0.890. The minimum Gasteiger partial charge on any atom is -0.382 e. The van der Waals surface area contributed by atoms with E-state index in [2.05, 4.69) is 15.5 Å². The van der Waals surface area contributed by atoms with E-state index in [1.807, 2.05) is 0 Å². The summed E-state index contributed by atoms with van der Waals surface area (Å²) >= 11 is 0. The van der Waals surface area contributed by atoms with Crippen LogP contribution in [0.4, 0.5) is 0 Å². The molecule has 1 fully saturated rings. The van der Waals surface area contributed by atoms with E-state index >= 15 is 0 Å². The first-order valence-corrected chi connectivity index (χ1v) is 4.14. The van der Waals surface area contributed by atoms with Gasteiger partial charge in [0.05, 0.1) is 6.10 Å². The van der Waals surface area contributed by atoms with Gasteiger partial charge in [-0.15, -0.1) is 5.10 Å². The molecule has 1 aromatic heterocycles. The molecule has 1 aromatic rings. The second-order valence-corrected chi connectivity index (χ2v) is 3.42. The monoisotopic (exact) mass is 184 g/mol. The molecular formula is C7H12N4O2. The second-order valence-electron chi connectivity index (χ2n) is 3.42. The van der Waals surface area contributed by atoms with E-state index in [-0.39, 0.29) is 6.10 Å². The van der Waals surface area contributed by atoms with Gasteiger partial charge in [-0.3, -0.25) is 0 Å². The number of tetrazole rings is 1. The summed E-state index contributed by atoms with van der Waals surface area (Å²) in [5, 5.41) is 20.9. The molecule has 0 saturated heterocycles. The van der Waals surface area contributed by atoms with E-state index in [4.69, 9.17) is 4.74 Å². The van der Waals surface area contributed by atoms with Crippen molar-refractivity contribution in [1.29, 1.82) is 0 Å². The van der Waals surface area contributed by atoms with E-state index < -0.39 is 5.60 Å². The van der Waals surface area contributed by atoms with Crippen molar-refractivity contribution in [2.45, 2.75) is 24.5 Å². The first kappa shape index (κ1) is 8.58. The SMILES string of the molecule is COC1CC(O)(c2nnnn2C)C1. The van der Waals surface area contributed by atoms with Crippen molar-refractivity contribution in [2.24, 2.45) is 7.05 Å². The zero-order valence-electron chi connectivity index (χ0n) is 7.64. The maximum atomic E-state index is 10.0. The van der Waals surface area contributed by atoms with Gasteiger partial charge >= 0.3 is 0 Å². The molecule has 1 heterocycles. The molecule has 1 saturated carbocycles. The number of aryl methyl sites for hydroxylation is 1. The van der Waals surface area contributed by atoms with Crippen molar-refractivity contribution in [3.63, 3.8) is 0 Å². The molecule has 6 nitrogen and oxygen atoms in total. The first-order chi connectivity index (χ1) is 6.15. The molecule has 0 aliphatic heterocycles. The Hall–Kier alpha value is -1.01. The fourth-order valence-corrected chi connectivity index (χ4v) is 1.67. The summed E-state index contributed by atoms with van der Waals surface area (Å²) in [6.07, 6.45) is 1.26. The van der Waals surface area contributed by atoms with Crippen LogP contribution in [0.15, 0.2) is 0 Å². The number of aromatic nitrogens is 4. The van der Waals surface area contributed by atoms with E-state index in [9.17, 15) is 5.11 Å². The van der Waals surface area contributed by atoms with Crippen molar-refractivity contribution in [3.05, 3.63) is 5.82 Å². The largest absolute Gasteiger partial charge is 0.382 e. The molecule has 0 atom stereocenters. The molecular weight excluding hydrogens is 172 g/mol. The Morgan fingerprint density at radius 1 is 1.62 bits per heavy atom. The molecule has 6 heteroatoms. The number of nitrogens with zero attached hydrogens (tertiary/aromatic N) is 4. The van der Waals surface area contributed by atoms with Crippen LogP contribution >= 0.6 is 0 Å². The highest BCUT2D eigenvalue weighted by molar-refractivity contribution is 5.08. The Balaban J connectivity index is 2.15. The molecule has 0 radical (unpaired) electrons. The van der Waals surface area contributed by atoms with Gasteiger partial charge in [-0.25, -0.2) is 4.68 Å². The van der Waals surface area contributed by atoms with Crippen LogP contribution in [-0.2, 0) is 17.4 Å². The Morgan fingerprint density at radius 3 is 2.77 bits per heavy atom. The lowest BCUT2D eigenvalue weighted by Crippen LogP contribution is -2.47. The van der Waals surface area contributed by atoms with Gasteiger partial charge in [0.25, 0.3) is 0 Å². The van der Waals surface area contributed by atoms with Crippen molar-refractivity contribution in [1.82, 2.24) is 20.2 Å². The van der Waals surface area contributed by atoms with Crippen LogP contribution in [0.2, 0.25) is 0 Å². The van der Waals surface area contributed by atoms with Gasteiger partial charge in [-0.2, -0.15) is 0 Å². The smallest absolute Gasteiger partial charge is 0.183 e. The maximum Gasteiger partial charge on any atom is 0.183 e. The van der Waals surface area contributed by atoms with E-state index in [0.717, 1.165) is 0 Å². The lowest BCUT2D eigenvalue weighted by atomic mass is 9.77. The first-order valence-electron chi connectivity index (χ1n) is 4.14. The van der Waals surface area contributed by atoms with E-state index in [1.54, 1.807) is 14.2 Å². The van der Waals surface area contributed by atoms with Gasteiger partial charge in [0.2, 0.25) is 0 Å². The minimum atomic E-state index is -0.890. The number of methoxy groups -OCH3 is 1. The quantitative estimate of drug-likeness (QED) is 0.651. The number of rotatable bonds is 2. The highest BCUT2D eigenvalue weighted by Gasteiger charge is 2.47. The summed E-state index contributed by atoms with van der Waals surface area (Å²) in [4.78, 5) is 0. The molecule has 0 bridgehead atoms. The number of hydrogen-bond donors (Lipinski definition) is 1. The molecule has 1 aliphatic carbocycles. The molecule has 1 aliphatic rings. The molecule has 0 aromatic carbocycles. The van der Waals surface area contributed by atoms with Crippen molar-refractivity contribution in [2.75, 3.05) is 7.11 Å². The highest BCUT2D eigenvalue weighted by atomic mass is 16.5. The zero-order chi connectivity index (χ0) is 9.47. The van der Waals surface area contributed by atoms with Crippen molar-refractivity contribution < 1.29 is 9.84 Å². The van der Waals surface area contributed by atoms with Crippen LogP contribution in [0.25, 0.3) is 0 Å². The second kappa shape index (κ2) is 2.74. The lowest BCUT2D eigenvalue weighted by Gasteiger charge is -2.40. The number of hydrogen-bond acceptors (Lipinski definition) is 5. The minimum absolute atomic E-state index is 0.127. The third kappa shape index (κ3) is 1.22. The average Bonchev–Trinajstić information content (AvgIpc) is 2.46. The number of ether oxygens (including phenoxy) is 1. The molecule has 2 rings (SSSR count). The Morgan fingerprint density at radius 2 is 2.31 bits per heavy atom. The summed E-state index contributed by atoms with van der Waals surface area (Å²) in [5.74, 6) is 0.515. The predicted octanol–water partition coefficient (Wildman–Crippen LogP) is -0.794. The van der Waals surface area contributed by atoms with Crippen LogP contribution in [0.3, 0.4) is 0 Å². The Kier molecular flexibility index (Phi) is 1.81.